The molecule has 1 saturated heterocycles. The number of rotatable bonds is 5. The third kappa shape index (κ3) is 4.56. The number of hydrogen-bond acceptors (Lipinski definition) is 3. The lowest BCUT2D eigenvalue weighted by Crippen LogP contribution is -2.45. The van der Waals surface area contributed by atoms with Crippen LogP contribution in [0.4, 0.5) is 0 Å². The molecule has 0 bridgehead atoms. The molecule has 1 aromatic rings. The van der Waals surface area contributed by atoms with Crippen LogP contribution in [0, 0.1) is 0 Å². The average molecular weight is 304 g/mol. The van der Waals surface area contributed by atoms with Gasteiger partial charge >= 0.3 is 5.97 Å². The van der Waals surface area contributed by atoms with Crippen molar-refractivity contribution in [2.24, 2.45) is 0 Å². The first-order valence-corrected chi connectivity index (χ1v) is 7.92. The maximum atomic E-state index is 12.3. The molecule has 1 unspecified atom stereocenters. The zero-order valence-electron chi connectivity index (χ0n) is 13.0. The van der Waals surface area contributed by atoms with Crippen LogP contribution in [0.15, 0.2) is 24.3 Å². The second-order valence-corrected chi connectivity index (χ2v) is 5.85. The highest BCUT2D eigenvalue weighted by Gasteiger charge is 2.21. The van der Waals surface area contributed by atoms with E-state index in [1.54, 1.807) is 24.3 Å². The summed E-state index contributed by atoms with van der Waals surface area (Å²) in [5.74, 6) is -0.908. The van der Waals surface area contributed by atoms with E-state index >= 15 is 0 Å². The van der Waals surface area contributed by atoms with Crippen molar-refractivity contribution in [3.8, 4) is 0 Å². The molecule has 0 saturated carbocycles. The molecular weight excluding hydrogens is 280 g/mol. The van der Waals surface area contributed by atoms with Crippen LogP contribution in [0.1, 0.15) is 48.5 Å². The molecule has 1 aliphatic heterocycles. The number of carboxylic acid groups (broad SMARTS) is 1. The molecule has 1 heterocycles. The van der Waals surface area contributed by atoms with Gasteiger partial charge < -0.3 is 10.4 Å². The Kier molecular flexibility index (Phi) is 5.95. The molecule has 1 aromatic carbocycles. The van der Waals surface area contributed by atoms with Crippen LogP contribution in [0.3, 0.4) is 0 Å². The van der Waals surface area contributed by atoms with Crippen LogP contribution >= 0.6 is 0 Å². The Bertz CT molecular complexity index is 505. The lowest BCUT2D eigenvalue weighted by molar-refractivity contribution is -0.126. The number of carboxylic acids is 1. The Balaban J connectivity index is 1.84. The van der Waals surface area contributed by atoms with E-state index in [9.17, 15) is 9.59 Å². The van der Waals surface area contributed by atoms with Gasteiger partial charge in [-0.1, -0.05) is 25.0 Å². The molecule has 0 aromatic heterocycles. The Morgan fingerprint density at radius 2 is 1.73 bits per heavy atom. The number of hydrogen-bond donors (Lipinski definition) is 2. The summed E-state index contributed by atoms with van der Waals surface area (Å²) in [5, 5.41) is 11.8. The maximum absolute atomic E-state index is 12.3. The van der Waals surface area contributed by atoms with Gasteiger partial charge in [-0.05, 0) is 50.6 Å². The van der Waals surface area contributed by atoms with Gasteiger partial charge in [0.15, 0.2) is 0 Å². The summed E-state index contributed by atoms with van der Waals surface area (Å²) in [6.45, 7) is 4.36. The first kappa shape index (κ1) is 16.5. The van der Waals surface area contributed by atoms with Crippen molar-refractivity contribution >= 4 is 11.9 Å². The van der Waals surface area contributed by atoms with Crippen LogP contribution in [0.5, 0.6) is 0 Å². The van der Waals surface area contributed by atoms with Crippen molar-refractivity contribution in [2.75, 3.05) is 13.1 Å². The van der Waals surface area contributed by atoms with Gasteiger partial charge in [0.05, 0.1) is 11.6 Å². The molecule has 5 nitrogen and oxygen atoms in total. The molecule has 5 heteroatoms. The quantitative estimate of drug-likeness (QED) is 0.875. The highest BCUT2D eigenvalue weighted by Crippen LogP contribution is 2.12. The van der Waals surface area contributed by atoms with Gasteiger partial charge in [0.2, 0.25) is 5.91 Å². The topological polar surface area (TPSA) is 69.6 Å². The summed E-state index contributed by atoms with van der Waals surface area (Å²) in [6, 6.07) is 6.47. The van der Waals surface area contributed by atoms with Crippen molar-refractivity contribution < 1.29 is 14.7 Å². The molecule has 1 fully saturated rings. The lowest BCUT2D eigenvalue weighted by Gasteiger charge is -2.26. The summed E-state index contributed by atoms with van der Waals surface area (Å²) in [4.78, 5) is 25.3. The maximum Gasteiger partial charge on any atom is 0.335 e. The Morgan fingerprint density at radius 1 is 1.14 bits per heavy atom. The van der Waals surface area contributed by atoms with Crippen LogP contribution in [0.2, 0.25) is 0 Å². The van der Waals surface area contributed by atoms with Gasteiger partial charge in [-0.2, -0.15) is 0 Å². The number of nitrogens with zero attached hydrogens (tertiary/aromatic N) is 1. The van der Waals surface area contributed by atoms with Gasteiger partial charge in [-0.15, -0.1) is 0 Å². The van der Waals surface area contributed by atoms with Gasteiger partial charge in [0, 0.05) is 6.54 Å². The van der Waals surface area contributed by atoms with Crippen molar-refractivity contribution in [3.63, 3.8) is 0 Å². The molecule has 0 spiro atoms. The first-order valence-electron chi connectivity index (χ1n) is 7.92. The summed E-state index contributed by atoms with van der Waals surface area (Å²) in [6.07, 6.45) is 4.82. The van der Waals surface area contributed by atoms with Gasteiger partial charge in [0.1, 0.15) is 0 Å². The second kappa shape index (κ2) is 7.94. The lowest BCUT2D eigenvalue weighted by atomic mass is 10.1. The van der Waals surface area contributed by atoms with Crippen molar-refractivity contribution in [1.29, 1.82) is 0 Å². The minimum atomic E-state index is -0.939. The predicted molar refractivity (Wildman–Crippen MR) is 84.8 cm³/mol. The number of likely N-dealkylation sites (tertiary alicyclic amines) is 1. The van der Waals surface area contributed by atoms with Gasteiger partial charge in [0.25, 0.3) is 0 Å². The SMILES string of the molecule is CC(C(=O)NCc1ccc(C(=O)O)cc1)N1CCCCCC1. The van der Waals surface area contributed by atoms with Crippen molar-refractivity contribution in [2.45, 2.75) is 45.2 Å². The zero-order chi connectivity index (χ0) is 15.9. The van der Waals surface area contributed by atoms with Crippen LogP contribution in [-0.4, -0.2) is 41.0 Å². The molecule has 1 aliphatic rings. The molecule has 0 radical (unpaired) electrons. The van der Waals surface area contributed by atoms with Crippen LogP contribution < -0.4 is 5.32 Å². The van der Waals surface area contributed by atoms with Crippen LogP contribution in [0.25, 0.3) is 0 Å². The summed E-state index contributed by atoms with van der Waals surface area (Å²) in [5.41, 5.74) is 1.16. The third-order valence-corrected chi connectivity index (χ3v) is 4.24. The van der Waals surface area contributed by atoms with E-state index in [1.807, 2.05) is 6.92 Å². The largest absolute Gasteiger partial charge is 0.478 e. The first-order chi connectivity index (χ1) is 10.6. The number of carbonyl (C=O) groups is 2. The van der Waals surface area contributed by atoms with E-state index in [0.29, 0.717) is 6.54 Å². The molecule has 0 aliphatic carbocycles. The number of aromatic carboxylic acids is 1. The minimum absolute atomic E-state index is 0.0317. The van der Waals surface area contributed by atoms with E-state index in [0.717, 1.165) is 31.5 Å². The predicted octanol–water partition coefficient (Wildman–Crippen LogP) is 2.27. The van der Waals surface area contributed by atoms with Crippen LogP contribution in [-0.2, 0) is 11.3 Å². The Hall–Kier alpha value is -1.88. The highest BCUT2D eigenvalue weighted by atomic mass is 16.4. The number of carbonyl (C=O) groups excluding carboxylic acids is 1. The molecule has 2 rings (SSSR count). The summed E-state index contributed by atoms with van der Waals surface area (Å²) < 4.78 is 0. The van der Waals surface area contributed by atoms with E-state index in [4.69, 9.17) is 5.11 Å². The molecule has 1 amide bonds. The van der Waals surface area contributed by atoms with Gasteiger partial charge in [-0.25, -0.2) is 4.79 Å². The minimum Gasteiger partial charge on any atom is -0.478 e. The fourth-order valence-electron chi connectivity index (χ4n) is 2.75. The number of nitrogens with one attached hydrogen (secondary N) is 1. The molecule has 2 N–H and O–H groups in total. The van der Waals surface area contributed by atoms with E-state index in [-0.39, 0.29) is 17.5 Å². The Morgan fingerprint density at radius 3 is 2.27 bits per heavy atom. The smallest absolute Gasteiger partial charge is 0.335 e. The highest BCUT2D eigenvalue weighted by molar-refractivity contribution is 5.87. The molecule has 120 valence electrons. The average Bonchev–Trinajstić information content (AvgIpc) is 2.81. The van der Waals surface area contributed by atoms with E-state index in [2.05, 4.69) is 10.2 Å². The Labute approximate surface area is 131 Å². The van der Waals surface area contributed by atoms with Crippen molar-refractivity contribution in [1.82, 2.24) is 10.2 Å². The fourth-order valence-corrected chi connectivity index (χ4v) is 2.75. The fraction of sp³-hybridized carbons (Fsp3) is 0.529. The zero-order valence-corrected chi connectivity index (χ0v) is 13.0. The summed E-state index contributed by atoms with van der Waals surface area (Å²) in [7, 11) is 0. The van der Waals surface area contributed by atoms with E-state index in [1.165, 1.54) is 12.8 Å². The third-order valence-electron chi connectivity index (χ3n) is 4.24. The van der Waals surface area contributed by atoms with E-state index < -0.39 is 5.97 Å². The van der Waals surface area contributed by atoms with Gasteiger partial charge in [-0.3, -0.25) is 9.69 Å². The summed E-state index contributed by atoms with van der Waals surface area (Å²) >= 11 is 0. The normalized spacial score (nSPS) is 17.5. The number of amides is 1. The molecular formula is C17H24N2O3. The molecule has 1 atom stereocenters. The standard InChI is InChI=1S/C17H24N2O3/c1-13(19-10-4-2-3-5-11-19)16(20)18-12-14-6-8-15(9-7-14)17(21)22/h6-9,13H,2-5,10-12H2,1H3,(H,18,20)(H,21,22). The van der Waals surface area contributed by atoms with Crippen molar-refractivity contribution in [3.05, 3.63) is 35.4 Å². The monoisotopic (exact) mass is 304 g/mol. The second-order valence-electron chi connectivity index (χ2n) is 5.85. The molecule has 22 heavy (non-hydrogen) atoms. The number of benzene rings is 1.